The second-order valence-corrected chi connectivity index (χ2v) is 8.55. The van der Waals surface area contributed by atoms with Crippen LogP contribution in [0.3, 0.4) is 0 Å². The Kier molecular flexibility index (Phi) is 4.98. The zero-order valence-corrected chi connectivity index (χ0v) is 18.1. The quantitative estimate of drug-likeness (QED) is 0.509. The largest absolute Gasteiger partial charge is 0.495 e. The number of anilines is 1. The van der Waals surface area contributed by atoms with Crippen LogP contribution in [0.5, 0.6) is 5.75 Å². The molecular weight excluding hydrogens is 402 g/mol. The zero-order chi connectivity index (χ0) is 21.5. The molecule has 0 aliphatic rings. The number of benzene rings is 1. The lowest BCUT2D eigenvalue weighted by atomic mass is 10.1. The summed E-state index contributed by atoms with van der Waals surface area (Å²) in [6.07, 6.45) is 3.81. The van der Waals surface area contributed by atoms with Gasteiger partial charge in [-0.3, -0.25) is 9.40 Å². The number of fused-ring (bicyclic) bond motifs is 1. The molecule has 1 aromatic carbocycles. The van der Waals surface area contributed by atoms with Crippen molar-refractivity contribution in [2.75, 3.05) is 11.8 Å². The summed E-state index contributed by atoms with van der Waals surface area (Å²) in [6.45, 7) is 5.96. The molecule has 1 N–H and O–H groups in total. The molecule has 0 bridgehead atoms. The van der Waals surface area contributed by atoms with Crippen molar-refractivity contribution in [2.24, 2.45) is 0 Å². The Morgan fingerprint density at radius 3 is 2.63 bits per heavy atom. The van der Waals surface area contributed by atoms with Crippen molar-refractivity contribution in [3.63, 3.8) is 0 Å². The second kappa shape index (κ2) is 7.49. The van der Waals surface area contributed by atoms with E-state index in [0.717, 1.165) is 16.9 Å². The summed E-state index contributed by atoms with van der Waals surface area (Å²) in [5, 5.41) is 4.32. The summed E-state index contributed by atoms with van der Waals surface area (Å²) in [4.78, 5) is 4.79. The van der Waals surface area contributed by atoms with Crippen molar-refractivity contribution in [2.45, 2.75) is 32.2 Å². The molecule has 8 nitrogen and oxygen atoms in total. The molecule has 0 unspecified atom stereocenters. The van der Waals surface area contributed by atoms with Gasteiger partial charge in [-0.1, -0.05) is 6.07 Å². The van der Waals surface area contributed by atoms with Gasteiger partial charge in [0, 0.05) is 24.5 Å². The van der Waals surface area contributed by atoms with Gasteiger partial charge in [-0.25, -0.2) is 13.4 Å². The van der Waals surface area contributed by atoms with Gasteiger partial charge < -0.3 is 9.14 Å². The van der Waals surface area contributed by atoms with Crippen LogP contribution in [0.25, 0.3) is 16.9 Å². The summed E-state index contributed by atoms with van der Waals surface area (Å²) in [6, 6.07) is 11.1. The number of imidazole rings is 1. The third-order valence-electron chi connectivity index (χ3n) is 4.99. The summed E-state index contributed by atoms with van der Waals surface area (Å²) in [5.74, 6) is 0.421. The fourth-order valence-corrected chi connectivity index (χ4v) is 5.07. The monoisotopic (exact) mass is 425 g/mol. The second-order valence-electron chi connectivity index (χ2n) is 6.93. The minimum atomic E-state index is -3.86. The van der Waals surface area contributed by atoms with Crippen molar-refractivity contribution in [3.05, 3.63) is 60.2 Å². The zero-order valence-electron chi connectivity index (χ0n) is 17.2. The van der Waals surface area contributed by atoms with Crippen LogP contribution in [-0.2, 0) is 16.6 Å². The molecule has 0 atom stereocenters. The van der Waals surface area contributed by atoms with E-state index in [2.05, 4.69) is 14.8 Å². The highest BCUT2D eigenvalue weighted by molar-refractivity contribution is 7.92. The van der Waals surface area contributed by atoms with Crippen LogP contribution in [0, 0.1) is 13.8 Å². The van der Waals surface area contributed by atoms with E-state index in [4.69, 9.17) is 4.74 Å². The predicted molar refractivity (Wildman–Crippen MR) is 115 cm³/mol. The highest BCUT2D eigenvalue weighted by atomic mass is 32.2. The molecule has 4 aromatic rings. The Morgan fingerprint density at radius 1 is 1.17 bits per heavy atom. The van der Waals surface area contributed by atoms with E-state index < -0.39 is 10.0 Å². The number of sulfonamides is 1. The van der Waals surface area contributed by atoms with Gasteiger partial charge in [0.25, 0.3) is 10.0 Å². The van der Waals surface area contributed by atoms with Gasteiger partial charge in [-0.15, -0.1) is 0 Å². The summed E-state index contributed by atoms with van der Waals surface area (Å²) < 4.78 is 38.0. The maximum absolute atomic E-state index is 13.2. The Labute approximate surface area is 175 Å². The van der Waals surface area contributed by atoms with E-state index in [1.165, 1.54) is 7.11 Å². The smallest absolute Gasteiger partial charge is 0.265 e. The number of methoxy groups -OCH3 is 1. The third-order valence-corrected chi connectivity index (χ3v) is 6.60. The van der Waals surface area contributed by atoms with Crippen molar-refractivity contribution in [1.82, 2.24) is 19.2 Å². The fraction of sp³-hybridized carbons (Fsp3) is 0.238. The first kappa shape index (κ1) is 20.0. The molecule has 3 aromatic heterocycles. The van der Waals surface area contributed by atoms with Crippen LogP contribution in [-0.4, -0.2) is 34.7 Å². The van der Waals surface area contributed by atoms with Crippen LogP contribution in [0.2, 0.25) is 0 Å². The lowest BCUT2D eigenvalue weighted by Gasteiger charge is -2.13. The van der Waals surface area contributed by atoms with Crippen molar-refractivity contribution >= 4 is 21.4 Å². The maximum Gasteiger partial charge on any atom is 0.265 e. The van der Waals surface area contributed by atoms with Crippen LogP contribution in [0.4, 0.5) is 5.69 Å². The Balaban J connectivity index is 1.77. The Morgan fingerprint density at radius 2 is 1.97 bits per heavy atom. The SMILES string of the molecule is CCn1nc(C)c(S(=O)(=O)Nc2cc(-c3cn4ccccc4n3)ccc2OC)c1C. The standard InChI is InChI=1S/C21H23N5O3S/c1-5-26-15(3)21(14(2)23-26)30(27,28)24-17-12-16(9-10-19(17)29-4)18-13-25-11-7-6-8-20(25)22-18/h6-13,24H,5H2,1-4H3. The Hall–Kier alpha value is -3.33. The molecule has 0 saturated carbocycles. The maximum atomic E-state index is 13.2. The van der Waals surface area contributed by atoms with Gasteiger partial charge in [-0.2, -0.15) is 5.10 Å². The molecule has 156 valence electrons. The van der Waals surface area contributed by atoms with Crippen LogP contribution in [0.1, 0.15) is 18.3 Å². The molecule has 9 heteroatoms. The van der Waals surface area contributed by atoms with E-state index in [0.29, 0.717) is 29.4 Å². The van der Waals surface area contributed by atoms with E-state index in [1.54, 1.807) is 30.7 Å². The lowest BCUT2D eigenvalue weighted by molar-refractivity contribution is 0.417. The number of hydrogen-bond donors (Lipinski definition) is 1. The fourth-order valence-electron chi connectivity index (χ4n) is 3.59. The molecule has 0 aliphatic carbocycles. The van der Waals surface area contributed by atoms with Crippen LogP contribution >= 0.6 is 0 Å². The highest BCUT2D eigenvalue weighted by Gasteiger charge is 2.25. The minimum absolute atomic E-state index is 0.185. The van der Waals surface area contributed by atoms with Gasteiger partial charge in [-0.05, 0) is 51.1 Å². The number of hydrogen-bond acceptors (Lipinski definition) is 5. The van der Waals surface area contributed by atoms with Gasteiger partial charge in [0.15, 0.2) is 0 Å². The van der Waals surface area contributed by atoms with Crippen molar-refractivity contribution in [3.8, 4) is 17.0 Å². The number of nitrogens with zero attached hydrogens (tertiary/aromatic N) is 4. The number of pyridine rings is 1. The van der Waals surface area contributed by atoms with Gasteiger partial charge in [0.2, 0.25) is 0 Å². The molecule has 3 heterocycles. The third kappa shape index (κ3) is 3.41. The van der Waals surface area contributed by atoms with Crippen molar-refractivity contribution < 1.29 is 13.2 Å². The topological polar surface area (TPSA) is 90.5 Å². The molecular formula is C21H23N5O3S. The van der Waals surface area contributed by atoms with E-state index in [-0.39, 0.29) is 4.90 Å². The average Bonchev–Trinajstić information content (AvgIpc) is 3.28. The summed E-state index contributed by atoms with van der Waals surface area (Å²) in [5.41, 5.74) is 3.71. The van der Waals surface area contributed by atoms with E-state index in [1.807, 2.05) is 48.0 Å². The first-order valence-corrected chi connectivity index (χ1v) is 11.0. The first-order valence-electron chi connectivity index (χ1n) is 9.53. The molecule has 0 spiro atoms. The number of rotatable bonds is 6. The summed E-state index contributed by atoms with van der Waals surface area (Å²) >= 11 is 0. The highest BCUT2D eigenvalue weighted by Crippen LogP contribution is 2.33. The van der Waals surface area contributed by atoms with E-state index in [9.17, 15) is 8.42 Å². The van der Waals surface area contributed by atoms with Crippen LogP contribution in [0.15, 0.2) is 53.7 Å². The number of nitrogens with one attached hydrogen (secondary N) is 1. The molecule has 4 rings (SSSR count). The number of ether oxygens (including phenoxy) is 1. The minimum Gasteiger partial charge on any atom is -0.495 e. The molecule has 0 fully saturated rings. The van der Waals surface area contributed by atoms with E-state index >= 15 is 0 Å². The molecule has 0 aliphatic heterocycles. The van der Waals surface area contributed by atoms with Gasteiger partial charge >= 0.3 is 0 Å². The predicted octanol–water partition coefficient (Wildman–Crippen LogP) is 3.64. The average molecular weight is 426 g/mol. The van der Waals surface area contributed by atoms with Crippen molar-refractivity contribution in [1.29, 1.82) is 0 Å². The summed E-state index contributed by atoms with van der Waals surface area (Å²) in [7, 11) is -2.36. The van der Waals surface area contributed by atoms with Gasteiger partial charge in [0.05, 0.1) is 29.9 Å². The number of aryl methyl sites for hydroxylation is 2. The number of aromatic nitrogens is 4. The molecule has 30 heavy (non-hydrogen) atoms. The normalized spacial score (nSPS) is 11.7. The van der Waals surface area contributed by atoms with Gasteiger partial charge in [0.1, 0.15) is 16.3 Å². The molecule has 0 saturated heterocycles. The molecule has 0 amide bonds. The lowest BCUT2D eigenvalue weighted by Crippen LogP contribution is -2.15. The molecule has 0 radical (unpaired) electrons. The first-order chi connectivity index (χ1) is 14.3. The Bertz CT molecular complexity index is 1310. The van der Waals surface area contributed by atoms with Crippen LogP contribution < -0.4 is 9.46 Å².